The number of hydrogen-bond donors (Lipinski definition) is 1. The lowest BCUT2D eigenvalue weighted by Crippen LogP contribution is -2.13. The predicted molar refractivity (Wildman–Crippen MR) is 133 cm³/mol. The number of nitrogens with one attached hydrogen (secondary N) is 1. The highest BCUT2D eigenvalue weighted by molar-refractivity contribution is 6.36. The number of halogens is 2. The van der Waals surface area contributed by atoms with Crippen LogP contribution in [0.25, 0.3) is 16.8 Å². The Labute approximate surface area is 201 Å². The van der Waals surface area contributed by atoms with Gasteiger partial charge in [0.15, 0.2) is 0 Å². The van der Waals surface area contributed by atoms with Crippen molar-refractivity contribution in [2.24, 2.45) is 0 Å². The molecule has 0 aromatic heterocycles. The molecule has 4 aromatic rings. The second-order valence-corrected chi connectivity index (χ2v) is 8.09. The van der Waals surface area contributed by atoms with E-state index in [1.54, 1.807) is 36.4 Å². The van der Waals surface area contributed by atoms with Crippen LogP contribution >= 0.6 is 23.2 Å². The number of ether oxygens (including phenoxy) is 1. The Morgan fingerprint density at radius 2 is 1.73 bits per heavy atom. The van der Waals surface area contributed by atoms with Crippen molar-refractivity contribution < 1.29 is 9.53 Å². The minimum absolute atomic E-state index is 0.0598. The van der Waals surface area contributed by atoms with Gasteiger partial charge in [-0.15, -0.1) is 0 Å². The monoisotopic (exact) mass is 472 g/mol. The maximum Gasteiger partial charge on any atom is 0.266 e. The zero-order valence-corrected chi connectivity index (χ0v) is 18.9. The highest BCUT2D eigenvalue weighted by atomic mass is 35.5. The molecule has 4 rings (SSSR count). The van der Waals surface area contributed by atoms with Gasteiger partial charge in [0.1, 0.15) is 24.0 Å². The van der Waals surface area contributed by atoms with E-state index in [-0.39, 0.29) is 5.57 Å². The number of anilines is 1. The van der Waals surface area contributed by atoms with Gasteiger partial charge in [0.25, 0.3) is 5.91 Å². The molecule has 0 spiro atoms. The van der Waals surface area contributed by atoms with Crippen molar-refractivity contribution in [2.45, 2.75) is 6.61 Å². The summed E-state index contributed by atoms with van der Waals surface area (Å²) in [4.78, 5) is 12.5. The SMILES string of the molecule is N#C/C(=C\c1ccc(OCc2cccc3ccccc23)cc1)C(=O)Nc1cc(Cl)ccc1Cl. The van der Waals surface area contributed by atoms with Crippen molar-refractivity contribution in [3.8, 4) is 11.8 Å². The van der Waals surface area contributed by atoms with Gasteiger partial charge in [-0.3, -0.25) is 4.79 Å². The Balaban J connectivity index is 1.44. The van der Waals surface area contributed by atoms with Crippen LogP contribution in [0.15, 0.2) is 90.5 Å². The first-order chi connectivity index (χ1) is 16.0. The van der Waals surface area contributed by atoms with Crippen LogP contribution in [-0.4, -0.2) is 5.91 Å². The molecular weight excluding hydrogens is 455 g/mol. The van der Waals surface area contributed by atoms with Gasteiger partial charge in [0.2, 0.25) is 0 Å². The quantitative estimate of drug-likeness (QED) is 0.237. The lowest BCUT2D eigenvalue weighted by Gasteiger charge is -2.09. The molecule has 0 saturated carbocycles. The summed E-state index contributed by atoms with van der Waals surface area (Å²) in [6.45, 7) is 0.433. The summed E-state index contributed by atoms with van der Waals surface area (Å²) in [5.74, 6) is 0.117. The van der Waals surface area contributed by atoms with Gasteiger partial charge < -0.3 is 10.1 Å². The van der Waals surface area contributed by atoms with Crippen molar-refractivity contribution in [3.63, 3.8) is 0 Å². The number of carbonyl (C=O) groups is 1. The van der Waals surface area contributed by atoms with Crippen molar-refractivity contribution in [1.82, 2.24) is 0 Å². The summed E-state index contributed by atoms with van der Waals surface area (Å²) in [7, 11) is 0. The summed E-state index contributed by atoms with van der Waals surface area (Å²) in [6, 6.07) is 28.1. The van der Waals surface area contributed by atoms with Crippen LogP contribution in [0.2, 0.25) is 10.0 Å². The van der Waals surface area contributed by atoms with Crippen LogP contribution in [0.1, 0.15) is 11.1 Å². The molecule has 0 saturated heterocycles. The van der Waals surface area contributed by atoms with E-state index in [2.05, 4.69) is 23.5 Å². The highest BCUT2D eigenvalue weighted by Gasteiger charge is 2.12. The molecule has 0 fully saturated rings. The van der Waals surface area contributed by atoms with Gasteiger partial charge in [-0.05, 0) is 58.3 Å². The molecule has 1 amide bonds. The van der Waals surface area contributed by atoms with Gasteiger partial charge in [0, 0.05) is 5.02 Å². The molecule has 6 heteroatoms. The predicted octanol–water partition coefficient (Wildman–Crippen LogP) is 7.27. The minimum Gasteiger partial charge on any atom is -0.489 e. The summed E-state index contributed by atoms with van der Waals surface area (Å²) in [6.07, 6.45) is 1.50. The summed E-state index contributed by atoms with van der Waals surface area (Å²) < 4.78 is 5.95. The topological polar surface area (TPSA) is 62.1 Å². The third-order valence-electron chi connectivity index (χ3n) is 5.01. The average Bonchev–Trinajstić information content (AvgIpc) is 2.84. The Bertz CT molecular complexity index is 1380. The molecule has 0 radical (unpaired) electrons. The Morgan fingerprint density at radius 3 is 2.52 bits per heavy atom. The summed E-state index contributed by atoms with van der Waals surface area (Å²) in [5, 5.41) is 15.1. The maximum atomic E-state index is 12.5. The number of rotatable bonds is 6. The van der Waals surface area contributed by atoms with Crippen molar-refractivity contribution in [2.75, 3.05) is 5.32 Å². The van der Waals surface area contributed by atoms with Gasteiger partial charge >= 0.3 is 0 Å². The van der Waals surface area contributed by atoms with Crippen molar-refractivity contribution in [3.05, 3.63) is 112 Å². The smallest absolute Gasteiger partial charge is 0.266 e. The van der Waals surface area contributed by atoms with Crippen molar-refractivity contribution in [1.29, 1.82) is 5.26 Å². The first-order valence-corrected chi connectivity index (χ1v) is 10.9. The zero-order chi connectivity index (χ0) is 23.2. The molecular formula is C27H18Cl2N2O2. The Morgan fingerprint density at radius 1 is 0.970 bits per heavy atom. The van der Waals surface area contributed by atoms with E-state index in [0.717, 1.165) is 10.9 Å². The largest absolute Gasteiger partial charge is 0.489 e. The number of nitrogens with zero attached hydrogens (tertiary/aromatic N) is 1. The highest BCUT2D eigenvalue weighted by Crippen LogP contribution is 2.26. The molecule has 162 valence electrons. The third kappa shape index (κ3) is 5.53. The number of fused-ring (bicyclic) bond motifs is 1. The number of amides is 1. The maximum absolute atomic E-state index is 12.5. The number of hydrogen-bond acceptors (Lipinski definition) is 3. The molecule has 0 aliphatic heterocycles. The fraction of sp³-hybridized carbons (Fsp3) is 0.0370. The van der Waals surface area contributed by atoms with Crippen molar-refractivity contribution >= 4 is 51.6 Å². The van der Waals surface area contributed by atoms with E-state index in [4.69, 9.17) is 27.9 Å². The molecule has 0 aliphatic rings. The second-order valence-electron chi connectivity index (χ2n) is 7.24. The molecule has 0 aliphatic carbocycles. The van der Waals surface area contributed by atoms with E-state index in [9.17, 15) is 10.1 Å². The first-order valence-electron chi connectivity index (χ1n) is 10.1. The van der Waals surface area contributed by atoms with E-state index in [1.165, 1.54) is 17.5 Å². The summed E-state index contributed by atoms with van der Waals surface area (Å²) >= 11 is 12.0. The van der Waals surface area contributed by atoms with Crippen LogP contribution in [0.4, 0.5) is 5.69 Å². The van der Waals surface area contributed by atoms with E-state index < -0.39 is 5.91 Å². The lowest BCUT2D eigenvalue weighted by molar-refractivity contribution is -0.112. The molecule has 0 atom stereocenters. The first kappa shape index (κ1) is 22.4. The van der Waals surface area contributed by atoms with Gasteiger partial charge in [0.05, 0.1) is 10.7 Å². The zero-order valence-electron chi connectivity index (χ0n) is 17.4. The molecule has 33 heavy (non-hydrogen) atoms. The van der Waals surface area contributed by atoms with Crippen LogP contribution in [0, 0.1) is 11.3 Å². The molecule has 0 unspecified atom stereocenters. The standard InChI is InChI=1S/C27H18Cl2N2O2/c28-22-10-13-25(29)26(15-22)31-27(32)21(16-30)14-18-8-11-23(12-9-18)33-17-20-6-3-5-19-4-1-2-7-24(19)20/h1-15H,17H2,(H,31,32)/b21-14+. The summed E-state index contributed by atoms with van der Waals surface area (Å²) in [5.41, 5.74) is 2.07. The Kier molecular flexibility index (Phi) is 6.95. The van der Waals surface area contributed by atoms with E-state index in [0.29, 0.717) is 33.7 Å². The number of nitriles is 1. The Hall–Kier alpha value is -3.78. The second kappa shape index (κ2) is 10.2. The van der Waals surface area contributed by atoms with Gasteiger partial charge in [-0.25, -0.2) is 0 Å². The molecule has 0 bridgehead atoms. The van der Waals surface area contributed by atoms with Crippen LogP contribution in [0.3, 0.4) is 0 Å². The van der Waals surface area contributed by atoms with E-state index in [1.807, 2.05) is 30.3 Å². The third-order valence-corrected chi connectivity index (χ3v) is 5.57. The van der Waals surface area contributed by atoms with Crippen LogP contribution in [-0.2, 0) is 11.4 Å². The molecule has 0 heterocycles. The van der Waals surface area contributed by atoms with Crippen LogP contribution < -0.4 is 10.1 Å². The number of carbonyl (C=O) groups excluding carboxylic acids is 1. The van der Waals surface area contributed by atoms with Crippen LogP contribution in [0.5, 0.6) is 5.75 Å². The molecule has 4 aromatic carbocycles. The van der Waals surface area contributed by atoms with Gasteiger partial charge in [-0.1, -0.05) is 77.8 Å². The fourth-order valence-corrected chi connectivity index (χ4v) is 3.67. The lowest BCUT2D eigenvalue weighted by atomic mass is 10.1. The minimum atomic E-state index is -0.571. The molecule has 4 nitrogen and oxygen atoms in total. The normalized spacial score (nSPS) is 11.1. The number of benzene rings is 4. The van der Waals surface area contributed by atoms with E-state index >= 15 is 0 Å². The average molecular weight is 473 g/mol. The fourth-order valence-electron chi connectivity index (χ4n) is 3.34. The molecule has 1 N–H and O–H groups in total. The van der Waals surface area contributed by atoms with Gasteiger partial charge in [-0.2, -0.15) is 5.26 Å².